The summed E-state index contributed by atoms with van der Waals surface area (Å²) < 4.78 is 16.4. The van der Waals surface area contributed by atoms with Gasteiger partial charge in [-0.2, -0.15) is 0 Å². The standard InChI is InChI=1S/C15H14ClFN5/c1-7(2)22-8(3)20-14-11(17)4-9(5-12(14)22)13-10(16)6-19-15(18)21-13/h4-7H,1-3H3,(H-,18,19,21)/q-1. The maximum absolute atomic E-state index is 14.4. The van der Waals surface area contributed by atoms with Gasteiger partial charge in [0.1, 0.15) is 11.3 Å². The Balaban J connectivity index is 2.32. The number of benzene rings is 1. The Hall–Kier alpha value is -2.21. The molecule has 1 N–H and O–H groups in total. The zero-order valence-corrected chi connectivity index (χ0v) is 13.1. The lowest BCUT2D eigenvalue weighted by atomic mass is 10.1. The topological polar surface area (TPSA) is 67.4 Å². The van der Waals surface area contributed by atoms with Crippen molar-refractivity contribution in [1.29, 1.82) is 0 Å². The van der Waals surface area contributed by atoms with Crippen molar-refractivity contribution in [2.45, 2.75) is 26.8 Å². The third kappa shape index (κ3) is 2.29. The van der Waals surface area contributed by atoms with Crippen LogP contribution in [0.1, 0.15) is 25.7 Å². The highest BCUT2D eigenvalue weighted by atomic mass is 35.5. The fourth-order valence-corrected chi connectivity index (χ4v) is 2.83. The number of fused-ring (bicyclic) bond motifs is 1. The van der Waals surface area contributed by atoms with Crippen molar-refractivity contribution in [3.05, 3.63) is 40.7 Å². The molecule has 3 aromatic rings. The van der Waals surface area contributed by atoms with Gasteiger partial charge in [0, 0.05) is 17.7 Å². The fraction of sp³-hybridized carbons (Fsp3) is 0.267. The fourth-order valence-electron chi connectivity index (χ4n) is 2.63. The maximum Gasteiger partial charge on any atom is 0.151 e. The Morgan fingerprint density at radius 1 is 1.27 bits per heavy atom. The summed E-state index contributed by atoms with van der Waals surface area (Å²) in [5, 5.41) is 0.280. The average Bonchev–Trinajstić information content (AvgIpc) is 2.78. The van der Waals surface area contributed by atoms with Crippen LogP contribution in [0.15, 0.2) is 18.3 Å². The van der Waals surface area contributed by atoms with E-state index >= 15 is 0 Å². The van der Waals surface area contributed by atoms with Crippen LogP contribution in [0.5, 0.6) is 0 Å². The lowest BCUT2D eigenvalue weighted by Crippen LogP contribution is -2.02. The zero-order valence-electron chi connectivity index (χ0n) is 12.4. The predicted octanol–water partition coefficient (Wildman–Crippen LogP) is 4.86. The van der Waals surface area contributed by atoms with E-state index in [0.717, 1.165) is 5.82 Å². The Kier molecular flexibility index (Phi) is 3.48. The van der Waals surface area contributed by atoms with Crippen molar-refractivity contribution in [3.63, 3.8) is 0 Å². The number of halogens is 2. The number of aryl methyl sites for hydroxylation is 1. The molecular formula is C15H14ClFN5-. The Morgan fingerprint density at radius 2 is 2.00 bits per heavy atom. The Morgan fingerprint density at radius 3 is 2.68 bits per heavy atom. The van der Waals surface area contributed by atoms with Crippen LogP contribution >= 0.6 is 11.6 Å². The molecule has 0 saturated heterocycles. The van der Waals surface area contributed by atoms with Gasteiger partial charge in [-0.15, -0.1) is 0 Å². The Bertz CT molecular complexity index is 872. The van der Waals surface area contributed by atoms with Crippen molar-refractivity contribution in [3.8, 4) is 11.3 Å². The smallest absolute Gasteiger partial charge is 0.151 e. The van der Waals surface area contributed by atoms with Crippen molar-refractivity contribution in [1.82, 2.24) is 19.5 Å². The molecule has 0 saturated carbocycles. The first kappa shape index (κ1) is 14.7. The summed E-state index contributed by atoms with van der Waals surface area (Å²) in [6, 6.07) is 3.28. The van der Waals surface area contributed by atoms with Crippen LogP contribution in [-0.4, -0.2) is 19.5 Å². The van der Waals surface area contributed by atoms with E-state index < -0.39 is 5.82 Å². The molecule has 0 aliphatic heterocycles. The molecule has 0 radical (unpaired) electrons. The summed E-state index contributed by atoms with van der Waals surface area (Å²) in [6.07, 6.45) is 1.35. The minimum Gasteiger partial charge on any atom is -0.410 e. The zero-order chi connectivity index (χ0) is 16.0. The number of rotatable bonds is 2. The normalized spacial score (nSPS) is 11.5. The molecule has 0 aliphatic carbocycles. The van der Waals surface area contributed by atoms with E-state index in [1.165, 1.54) is 12.3 Å². The van der Waals surface area contributed by atoms with Gasteiger partial charge in [-0.3, -0.25) is 0 Å². The van der Waals surface area contributed by atoms with E-state index in [2.05, 4.69) is 15.0 Å². The molecule has 0 fully saturated rings. The molecule has 0 atom stereocenters. The molecule has 0 amide bonds. The molecule has 0 unspecified atom stereocenters. The van der Waals surface area contributed by atoms with E-state index in [9.17, 15) is 4.39 Å². The monoisotopic (exact) mass is 318 g/mol. The van der Waals surface area contributed by atoms with E-state index in [1.54, 1.807) is 6.07 Å². The Labute approximate surface area is 132 Å². The highest BCUT2D eigenvalue weighted by Gasteiger charge is 2.16. The SMILES string of the molecule is Cc1nc2c(F)cc(-c3nc([NH-])ncc3Cl)cc2n1C(C)C. The van der Waals surface area contributed by atoms with Crippen molar-refractivity contribution < 1.29 is 4.39 Å². The predicted molar refractivity (Wildman–Crippen MR) is 84.8 cm³/mol. The van der Waals surface area contributed by atoms with Crippen LogP contribution in [0.2, 0.25) is 5.02 Å². The summed E-state index contributed by atoms with van der Waals surface area (Å²) in [5.74, 6) is 0.153. The highest BCUT2D eigenvalue weighted by Crippen LogP contribution is 2.32. The van der Waals surface area contributed by atoms with Gasteiger partial charge in [0.05, 0.1) is 10.5 Å². The molecule has 22 heavy (non-hydrogen) atoms. The van der Waals surface area contributed by atoms with Crippen LogP contribution in [0.25, 0.3) is 28.0 Å². The second-order valence-electron chi connectivity index (χ2n) is 5.34. The summed E-state index contributed by atoms with van der Waals surface area (Å²) in [5.41, 5.74) is 9.38. The minimum atomic E-state index is -0.434. The molecule has 3 rings (SSSR count). The first-order valence-electron chi connectivity index (χ1n) is 6.81. The van der Waals surface area contributed by atoms with Gasteiger partial charge in [-0.1, -0.05) is 11.6 Å². The largest absolute Gasteiger partial charge is 0.410 e. The van der Waals surface area contributed by atoms with Crippen LogP contribution < -0.4 is 0 Å². The average molecular weight is 319 g/mol. The van der Waals surface area contributed by atoms with Gasteiger partial charge < -0.3 is 20.3 Å². The van der Waals surface area contributed by atoms with Gasteiger partial charge in [0.2, 0.25) is 0 Å². The van der Waals surface area contributed by atoms with E-state index in [1.807, 2.05) is 25.3 Å². The van der Waals surface area contributed by atoms with Crippen molar-refractivity contribution >= 4 is 28.6 Å². The lowest BCUT2D eigenvalue weighted by molar-refractivity contribution is 0.600. The quantitative estimate of drug-likeness (QED) is 0.677. The molecule has 5 nitrogen and oxygen atoms in total. The molecular weight excluding hydrogens is 305 g/mol. The summed E-state index contributed by atoms with van der Waals surface area (Å²) in [6.45, 7) is 5.87. The number of nitrogens with one attached hydrogen (secondary N) is 1. The summed E-state index contributed by atoms with van der Waals surface area (Å²) in [7, 11) is 0. The molecule has 0 aliphatic rings. The third-order valence-electron chi connectivity index (χ3n) is 3.46. The van der Waals surface area contributed by atoms with Gasteiger partial charge in [0.25, 0.3) is 0 Å². The van der Waals surface area contributed by atoms with Crippen LogP contribution in [0.3, 0.4) is 0 Å². The first-order valence-corrected chi connectivity index (χ1v) is 7.19. The second kappa shape index (κ2) is 5.21. The van der Waals surface area contributed by atoms with Gasteiger partial charge in [0.15, 0.2) is 5.82 Å². The number of imidazole rings is 1. The van der Waals surface area contributed by atoms with Gasteiger partial charge in [-0.25, -0.2) is 9.37 Å². The lowest BCUT2D eigenvalue weighted by Gasteiger charge is -2.14. The molecule has 114 valence electrons. The van der Waals surface area contributed by atoms with E-state index in [0.29, 0.717) is 22.3 Å². The van der Waals surface area contributed by atoms with Crippen molar-refractivity contribution in [2.24, 2.45) is 0 Å². The molecule has 0 spiro atoms. The minimum absolute atomic E-state index is 0.146. The van der Waals surface area contributed by atoms with Crippen LogP contribution in [-0.2, 0) is 0 Å². The molecule has 2 aromatic heterocycles. The molecule has 2 heterocycles. The summed E-state index contributed by atoms with van der Waals surface area (Å²) in [4.78, 5) is 12.0. The van der Waals surface area contributed by atoms with Gasteiger partial charge >= 0.3 is 0 Å². The molecule has 0 bridgehead atoms. The van der Waals surface area contributed by atoms with E-state index in [4.69, 9.17) is 17.3 Å². The maximum atomic E-state index is 14.4. The number of hydrogen-bond acceptors (Lipinski definition) is 3. The highest BCUT2D eigenvalue weighted by molar-refractivity contribution is 6.33. The number of aromatic nitrogens is 4. The van der Waals surface area contributed by atoms with Crippen LogP contribution in [0.4, 0.5) is 10.3 Å². The second-order valence-corrected chi connectivity index (χ2v) is 5.75. The van der Waals surface area contributed by atoms with Crippen LogP contribution in [0, 0.1) is 12.7 Å². The molecule has 7 heteroatoms. The third-order valence-corrected chi connectivity index (χ3v) is 3.74. The van der Waals surface area contributed by atoms with Crippen molar-refractivity contribution in [2.75, 3.05) is 0 Å². The first-order chi connectivity index (χ1) is 10.4. The van der Waals surface area contributed by atoms with E-state index in [-0.39, 0.29) is 17.0 Å². The van der Waals surface area contributed by atoms with Gasteiger partial charge in [-0.05, 0) is 44.7 Å². The number of hydrogen-bond donors (Lipinski definition) is 0. The summed E-state index contributed by atoms with van der Waals surface area (Å²) >= 11 is 6.09. The number of nitrogens with zero attached hydrogens (tertiary/aromatic N) is 4. The molecule has 1 aromatic carbocycles.